The Labute approximate surface area is 168 Å². The molecule has 29 heavy (non-hydrogen) atoms. The number of piperidine rings is 1. The number of halogens is 1. The van der Waals surface area contributed by atoms with Crippen LogP contribution in [0.2, 0.25) is 0 Å². The molecule has 7 nitrogen and oxygen atoms in total. The van der Waals surface area contributed by atoms with Crippen LogP contribution in [0.1, 0.15) is 24.7 Å². The summed E-state index contributed by atoms with van der Waals surface area (Å²) >= 11 is 0. The number of methoxy groups -OCH3 is 1. The van der Waals surface area contributed by atoms with Gasteiger partial charge in [-0.15, -0.1) is 10.2 Å². The fourth-order valence-corrected chi connectivity index (χ4v) is 5.12. The molecule has 0 saturated carbocycles. The second kappa shape index (κ2) is 7.92. The summed E-state index contributed by atoms with van der Waals surface area (Å²) in [6.45, 7) is 0.654. The maximum atomic E-state index is 13.1. The van der Waals surface area contributed by atoms with E-state index in [0.29, 0.717) is 30.2 Å². The Morgan fingerprint density at radius 2 is 1.90 bits per heavy atom. The molecule has 2 heterocycles. The van der Waals surface area contributed by atoms with E-state index in [1.807, 2.05) is 0 Å². The molecule has 2 aromatic carbocycles. The SMILES string of the molecule is COc1ccccc1S(=O)(=O)N1CCCC(c2nnc(-c3ccc(F)cc3)o2)C1. The third kappa shape index (κ3) is 3.88. The molecule has 1 atom stereocenters. The molecule has 0 bridgehead atoms. The largest absolute Gasteiger partial charge is 0.495 e. The van der Waals surface area contributed by atoms with E-state index in [1.165, 1.54) is 29.6 Å². The minimum absolute atomic E-state index is 0.140. The van der Waals surface area contributed by atoms with Crippen LogP contribution in [-0.4, -0.2) is 43.1 Å². The monoisotopic (exact) mass is 417 g/mol. The zero-order chi connectivity index (χ0) is 20.4. The molecule has 0 N–H and O–H groups in total. The molecule has 0 aliphatic carbocycles. The Hall–Kier alpha value is -2.78. The van der Waals surface area contributed by atoms with Crippen molar-refractivity contribution in [3.8, 4) is 17.2 Å². The summed E-state index contributed by atoms with van der Waals surface area (Å²) in [6, 6.07) is 12.3. The third-order valence-corrected chi connectivity index (χ3v) is 6.86. The van der Waals surface area contributed by atoms with Gasteiger partial charge in [0, 0.05) is 18.7 Å². The molecule has 1 saturated heterocycles. The van der Waals surface area contributed by atoms with Gasteiger partial charge in [-0.3, -0.25) is 0 Å². The number of ether oxygens (including phenoxy) is 1. The summed E-state index contributed by atoms with van der Waals surface area (Å²) < 4.78 is 51.8. The lowest BCUT2D eigenvalue weighted by molar-refractivity contribution is 0.285. The smallest absolute Gasteiger partial charge is 0.247 e. The highest BCUT2D eigenvalue weighted by molar-refractivity contribution is 7.89. The fourth-order valence-electron chi connectivity index (χ4n) is 3.44. The van der Waals surface area contributed by atoms with E-state index in [1.54, 1.807) is 30.3 Å². The summed E-state index contributed by atoms with van der Waals surface area (Å²) in [4.78, 5) is 0.140. The van der Waals surface area contributed by atoms with Crippen molar-refractivity contribution in [3.63, 3.8) is 0 Å². The van der Waals surface area contributed by atoms with Gasteiger partial charge in [0.15, 0.2) is 0 Å². The lowest BCUT2D eigenvalue weighted by Crippen LogP contribution is -2.39. The first-order valence-corrected chi connectivity index (χ1v) is 10.7. The molecule has 1 aromatic heterocycles. The summed E-state index contributed by atoms with van der Waals surface area (Å²) in [6.07, 6.45) is 1.41. The lowest BCUT2D eigenvalue weighted by Gasteiger charge is -2.30. The summed E-state index contributed by atoms with van der Waals surface area (Å²) in [5.41, 5.74) is 0.611. The van der Waals surface area contributed by atoms with Gasteiger partial charge < -0.3 is 9.15 Å². The first-order valence-electron chi connectivity index (χ1n) is 9.21. The molecule has 152 valence electrons. The maximum absolute atomic E-state index is 13.1. The van der Waals surface area contributed by atoms with Crippen molar-refractivity contribution in [2.45, 2.75) is 23.7 Å². The van der Waals surface area contributed by atoms with Gasteiger partial charge in [-0.1, -0.05) is 12.1 Å². The number of hydrogen-bond acceptors (Lipinski definition) is 6. The molecule has 1 fully saturated rings. The highest BCUT2D eigenvalue weighted by atomic mass is 32.2. The zero-order valence-electron chi connectivity index (χ0n) is 15.8. The highest BCUT2D eigenvalue weighted by Crippen LogP contribution is 2.33. The fraction of sp³-hybridized carbons (Fsp3) is 0.300. The van der Waals surface area contributed by atoms with Gasteiger partial charge in [0.05, 0.1) is 13.0 Å². The average Bonchev–Trinajstić information content (AvgIpc) is 3.24. The highest BCUT2D eigenvalue weighted by Gasteiger charge is 2.34. The topological polar surface area (TPSA) is 85.5 Å². The predicted molar refractivity (Wildman–Crippen MR) is 103 cm³/mol. The van der Waals surface area contributed by atoms with E-state index < -0.39 is 10.0 Å². The Morgan fingerprint density at radius 3 is 2.66 bits per heavy atom. The van der Waals surface area contributed by atoms with Crippen LogP contribution in [0.15, 0.2) is 57.8 Å². The summed E-state index contributed by atoms with van der Waals surface area (Å²) in [5, 5.41) is 8.14. The number of sulfonamides is 1. The zero-order valence-corrected chi connectivity index (χ0v) is 16.6. The minimum Gasteiger partial charge on any atom is -0.495 e. The van der Waals surface area contributed by atoms with Gasteiger partial charge in [0.1, 0.15) is 16.5 Å². The van der Waals surface area contributed by atoms with Crippen molar-refractivity contribution in [2.75, 3.05) is 20.2 Å². The molecule has 0 amide bonds. The Bertz CT molecular complexity index is 1100. The third-order valence-electron chi connectivity index (χ3n) is 4.95. The minimum atomic E-state index is -3.72. The van der Waals surface area contributed by atoms with Crippen LogP contribution >= 0.6 is 0 Å². The molecular weight excluding hydrogens is 397 g/mol. The molecule has 1 unspecified atom stereocenters. The lowest BCUT2D eigenvalue weighted by atomic mass is 10.00. The Kier molecular flexibility index (Phi) is 5.33. The van der Waals surface area contributed by atoms with E-state index in [-0.39, 0.29) is 29.1 Å². The van der Waals surface area contributed by atoms with Crippen LogP contribution < -0.4 is 4.74 Å². The number of benzene rings is 2. The number of rotatable bonds is 5. The van der Waals surface area contributed by atoms with Gasteiger partial charge in [-0.05, 0) is 49.2 Å². The van der Waals surface area contributed by atoms with Crippen molar-refractivity contribution >= 4 is 10.0 Å². The van der Waals surface area contributed by atoms with E-state index in [4.69, 9.17) is 9.15 Å². The van der Waals surface area contributed by atoms with Crippen molar-refractivity contribution in [1.29, 1.82) is 0 Å². The first kappa shape index (κ1) is 19.5. The molecule has 0 spiro atoms. The molecule has 9 heteroatoms. The van der Waals surface area contributed by atoms with Crippen LogP contribution in [0.5, 0.6) is 5.75 Å². The van der Waals surface area contributed by atoms with Crippen molar-refractivity contribution < 1.29 is 22.0 Å². The predicted octanol–water partition coefficient (Wildman–Crippen LogP) is 3.45. The van der Waals surface area contributed by atoms with Crippen LogP contribution in [-0.2, 0) is 10.0 Å². The molecule has 4 rings (SSSR count). The van der Waals surface area contributed by atoms with E-state index in [2.05, 4.69) is 10.2 Å². The quantitative estimate of drug-likeness (QED) is 0.632. The Morgan fingerprint density at radius 1 is 1.14 bits per heavy atom. The van der Waals surface area contributed by atoms with Gasteiger partial charge in [-0.2, -0.15) is 4.31 Å². The van der Waals surface area contributed by atoms with Crippen LogP contribution in [0, 0.1) is 5.82 Å². The Balaban J connectivity index is 1.57. The van der Waals surface area contributed by atoms with Gasteiger partial charge in [-0.25, -0.2) is 12.8 Å². The molecule has 1 aliphatic rings. The maximum Gasteiger partial charge on any atom is 0.247 e. The van der Waals surface area contributed by atoms with Gasteiger partial charge in [0.25, 0.3) is 0 Å². The van der Waals surface area contributed by atoms with Crippen LogP contribution in [0.25, 0.3) is 11.5 Å². The van der Waals surface area contributed by atoms with Crippen LogP contribution in [0.3, 0.4) is 0 Å². The molecular formula is C20H20FN3O4S. The number of hydrogen-bond donors (Lipinski definition) is 0. The standard InChI is InChI=1S/C20H20FN3O4S/c1-27-17-6-2-3-7-18(17)29(25,26)24-12-4-5-15(13-24)20-23-22-19(28-20)14-8-10-16(21)11-9-14/h2-3,6-11,15H,4-5,12-13H2,1H3. The normalized spacial score (nSPS) is 17.9. The van der Waals surface area contributed by atoms with Crippen molar-refractivity contribution in [3.05, 3.63) is 60.2 Å². The number of nitrogens with zero attached hydrogens (tertiary/aromatic N) is 3. The summed E-state index contributed by atoms with van der Waals surface area (Å²) in [7, 11) is -2.27. The van der Waals surface area contributed by atoms with E-state index in [0.717, 1.165) is 6.42 Å². The second-order valence-electron chi connectivity index (χ2n) is 6.81. The second-order valence-corrected chi connectivity index (χ2v) is 8.71. The van der Waals surface area contributed by atoms with Crippen LogP contribution in [0.4, 0.5) is 4.39 Å². The van der Waals surface area contributed by atoms with Crippen molar-refractivity contribution in [1.82, 2.24) is 14.5 Å². The van der Waals surface area contributed by atoms with Gasteiger partial charge in [0.2, 0.25) is 21.8 Å². The molecule has 1 aliphatic heterocycles. The molecule has 3 aromatic rings. The van der Waals surface area contributed by atoms with E-state index in [9.17, 15) is 12.8 Å². The summed E-state index contributed by atoms with van der Waals surface area (Å²) in [5.74, 6) is 0.410. The number of aromatic nitrogens is 2. The number of para-hydroxylation sites is 1. The van der Waals surface area contributed by atoms with Gasteiger partial charge >= 0.3 is 0 Å². The molecule has 0 radical (unpaired) electrons. The van der Waals surface area contributed by atoms with Crippen molar-refractivity contribution in [2.24, 2.45) is 0 Å². The first-order chi connectivity index (χ1) is 14.0. The average molecular weight is 417 g/mol. The van der Waals surface area contributed by atoms with E-state index >= 15 is 0 Å².